The summed E-state index contributed by atoms with van der Waals surface area (Å²) in [6, 6.07) is 2.76. The van der Waals surface area contributed by atoms with Crippen molar-refractivity contribution in [2.45, 2.75) is 39.3 Å². The Balaban J connectivity index is 0.00000242. The van der Waals surface area contributed by atoms with Gasteiger partial charge in [0, 0.05) is 6.04 Å². The quantitative estimate of drug-likeness (QED) is 0.569. The molecule has 0 saturated carbocycles. The first-order valence-electron chi connectivity index (χ1n) is 7.02. The lowest BCUT2D eigenvalue weighted by Crippen LogP contribution is -2.40. The molecule has 122 valence electrons. The van der Waals surface area contributed by atoms with E-state index in [9.17, 15) is 14.7 Å². The second kappa shape index (κ2) is 7.47. The highest BCUT2D eigenvalue weighted by Gasteiger charge is 2.28. The number of anilines is 1. The summed E-state index contributed by atoms with van der Waals surface area (Å²) in [5.41, 5.74) is 0.527. The molecule has 1 heterocycles. The summed E-state index contributed by atoms with van der Waals surface area (Å²) in [4.78, 5) is 24.0. The van der Waals surface area contributed by atoms with Gasteiger partial charge in [0.1, 0.15) is 11.4 Å². The van der Waals surface area contributed by atoms with Crippen molar-refractivity contribution in [2.24, 2.45) is 0 Å². The maximum Gasteiger partial charge on any atom is 0.262 e. The molecule has 1 atom stereocenters. The molecule has 3 N–H and O–H groups in total. The molecule has 7 heteroatoms. The molecular formula is C15H21ClN2O4. The average Bonchev–Trinajstić information content (AvgIpc) is 2.45. The first-order valence-corrected chi connectivity index (χ1v) is 7.02. The van der Waals surface area contributed by atoms with E-state index in [1.807, 2.05) is 20.8 Å². The van der Waals surface area contributed by atoms with Crippen LogP contribution in [0.3, 0.4) is 0 Å². The zero-order valence-corrected chi connectivity index (χ0v) is 13.6. The van der Waals surface area contributed by atoms with Crippen LogP contribution in [0.5, 0.6) is 11.5 Å². The number of ketones is 1. The Bertz CT molecular complexity index is 575. The highest BCUT2D eigenvalue weighted by molar-refractivity contribution is 6.07. The van der Waals surface area contributed by atoms with E-state index in [4.69, 9.17) is 4.74 Å². The molecule has 1 aromatic carbocycles. The molecule has 1 unspecified atom stereocenters. The lowest BCUT2D eigenvalue weighted by Gasteiger charge is -2.24. The predicted molar refractivity (Wildman–Crippen MR) is 86.2 cm³/mol. The molecule has 1 amide bonds. The molecule has 0 aliphatic carbocycles. The van der Waals surface area contributed by atoms with Crippen LogP contribution in [0.2, 0.25) is 0 Å². The number of phenolic OH excluding ortho intramolecular Hbond substituents is 1. The predicted octanol–water partition coefficient (Wildman–Crippen LogP) is 2.10. The molecule has 0 fully saturated rings. The minimum absolute atomic E-state index is 0. The van der Waals surface area contributed by atoms with Crippen LogP contribution in [0.4, 0.5) is 5.69 Å². The number of aromatic hydroxyl groups is 1. The highest BCUT2D eigenvalue weighted by atomic mass is 35.5. The molecule has 6 nitrogen and oxygen atoms in total. The van der Waals surface area contributed by atoms with Gasteiger partial charge in [-0.05, 0) is 18.6 Å². The van der Waals surface area contributed by atoms with Crippen LogP contribution in [-0.2, 0) is 4.79 Å². The fourth-order valence-corrected chi connectivity index (χ4v) is 2.32. The summed E-state index contributed by atoms with van der Waals surface area (Å²) < 4.78 is 5.35. The third-order valence-corrected chi connectivity index (χ3v) is 3.27. The van der Waals surface area contributed by atoms with Crippen LogP contribution < -0.4 is 15.4 Å². The van der Waals surface area contributed by atoms with Gasteiger partial charge in [-0.15, -0.1) is 12.4 Å². The average molecular weight is 329 g/mol. The zero-order valence-electron chi connectivity index (χ0n) is 12.8. The van der Waals surface area contributed by atoms with E-state index in [-0.39, 0.29) is 60.0 Å². The second-order valence-electron chi connectivity index (χ2n) is 5.32. The summed E-state index contributed by atoms with van der Waals surface area (Å²) in [5.74, 6) is -0.337. The van der Waals surface area contributed by atoms with Crippen molar-refractivity contribution in [1.82, 2.24) is 5.32 Å². The van der Waals surface area contributed by atoms with Crippen LogP contribution >= 0.6 is 12.4 Å². The van der Waals surface area contributed by atoms with Gasteiger partial charge < -0.3 is 20.5 Å². The van der Waals surface area contributed by atoms with E-state index in [0.29, 0.717) is 12.0 Å². The zero-order chi connectivity index (χ0) is 15.6. The summed E-state index contributed by atoms with van der Waals surface area (Å²) >= 11 is 0. The topological polar surface area (TPSA) is 87.7 Å². The third kappa shape index (κ3) is 3.69. The minimum Gasteiger partial charge on any atom is -0.506 e. The maximum atomic E-state index is 12.6. The van der Waals surface area contributed by atoms with Gasteiger partial charge in [-0.25, -0.2) is 0 Å². The van der Waals surface area contributed by atoms with Gasteiger partial charge in [0.15, 0.2) is 18.1 Å². The van der Waals surface area contributed by atoms with E-state index < -0.39 is 0 Å². The number of phenols is 1. The number of nitrogens with one attached hydrogen (secondary N) is 2. The molecule has 1 aromatic rings. The van der Waals surface area contributed by atoms with Crippen molar-refractivity contribution >= 4 is 29.8 Å². The monoisotopic (exact) mass is 328 g/mol. The Morgan fingerprint density at radius 2 is 2.14 bits per heavy atom. The largest absolute Gasteiger partial charge is 0.506 e. The van der Waals surface area contributed by atoms with Gasteiger partial charge in [0.05, 0.1) is 11.6 Å². The Hall–Kier alpha value is -1.79. The Kier molecular flexibility index (Phi) is 6.20. The van der Waals surface area contributed by atoms with Crippen molar-refractivity contribution in [2.75, 3.05) is 11.9 Å². The fraction of sp³-hybridized carbons (Fsp3) is 0.467. The van der Waals surface area contributed by atoms with E-state index >= 15 is 0 Å². The number of benzene rings is 1. The Labute approximate surface area is 135 Å². The molecule has 0 saturated heterocycles. The van der Waals surface area contributed by atoms with Crippen molar-refractivity contribution in [1.29, 1.82) is 0 Å². The number of rotatable bonds is 5. The lowest BCUT2D eigenvalue weighted by atomic mass is 9.99. The number of Topliss-reactive ketones (excluding diaryl/α,β-unsaturated/α-hetero) is 1. The van der Waals surface area contributed by atoms with Gasteiger partial charge in [0.25, 0.3) is 5.91 Å². The summed E-state index contributed by atoms with van der Waals surface area (Å²) in [6.45, 7) is 5.70. The minimum atomic E-state index is -0.352. The van der Waals surface area contributed by atoms with Gasteiger partial charge in [0.2, 0.25) is 0 Å². The van der Waals surface area contributed by atoms with E-state index in [2.05, 4.69) is 10.6 Å². The lowest BCUT2D eigenvalue weighted by molar-refractivity contribution is -0.118. The SMILES string of the molecule is CCC(NC(C)C)C(=O)c1ccc(O)c2c1OCC(=O)N2.Cl. The fourth-order valence-electron chi connectivity index (χ4n) is 2.32. The molecule has 0 spiro atoms. The molecule has 0 aromatic heterocycles. The molecule has 0 radical (unpaired) electrons. The standard InChI is InChI=1S/C15H20N2O4.ClH/c1-4-10(16-8(2)3)14(20)9-5-6-11(18)13-15(9)21-7-12(19)17-13;/h5-6,8,10,16,18H,4,7H2,1-3H3,(H,17,19);1H. The number of hydrogen-bond acceptors (Lipinski definition) is 5. The van der Waals surface area contributed by atoms with E-state index in [1.54, 1.807) is 0 Å². The van der Waals surface area contributed by atoms with Gasteiger partial charge in [-0.3, -0.25) is 9.59 Å². The smallest absolute Gasteiger partial charge is 0.262 e. The summed E-state index contributed by atoms with van der Waals surface area (Å²) in [5, 5.41) is 15.5. The van der Waals surface area contributed by atoms with Gasteiger partial charge in [-0.2, -0.15) is 0 Å². The van der Waals surface area contributed by atoms with Crippen LogP contribution in [0.1, 0.15) is 37.6 Å². The van der Waals surface area contributed by atoms with E-state index in [1.165, 1.54) is 12.1 Å². The van der Waals surface area contributed by atoms with Crippen LogP contribution in [0, 0.1) is 0 Å². The highest BCUT2D eigenvalue weighted by Crippen LogP contribution is 2.39. The van der Waals surface area contributed by atoms with Crippen LogP contribution in [0.15, 0.2) is 12.1 Å². The molecule has 1 aliphatic heterocycles. The number of hydrogen-bond donors (Lipinski definition) is 3. The molecular weight excluding hydrogens is 308 g/mol. The van der Waals surface area contributed by atoms with E-state index in [0.717, 1.165) is 0 Å². The molecule has 1 aliphatic rings. The van der Waals surface area contributed by atoms with Crippen molar-refractivity contribution < 1.29 is 19.4 Å². The first-order chi connectivity index (χ1) is 9.93. The number of carbonyl (C=O) groups is 2. The van der Waals surface area contributed by atoms with Crippen molar-refractivity contribution in [3.8, 4) is 11.5 Å². The molecule has 2 rings (SSSR count). The second-order valence-corrected chi connectivity index (χ2v) is 5.32. The number of ether oxygens (including phenoxy) is 1. The molecule has 22 heavy (non-hydrogen) atoms. The Morgan fingerprint density at radius 1 is 1.45 bits per heavy atom. The van der Waals surface area contributed by atoms with Crippen molar-refractivity contribution in [3.63, 3.8) is 0 Å². The summed E-state index contributed by atoms with van der Waals surface area (Å²) in [6.07, 6.45) is 0.638. The summed E-state index contributed by atoms with van der Waals surface area (Å²) in [7, 11) is 0. The van der Waals surface area contributed by atoms with Gasteiger partial charge in [-0.1, -0.05) is 20.8 Å². The number of halogens is 1. The normalized spacial score (nSPS) is 14.5. The van der Waals surface area contributed by atoms with Crippen LogP contribution in [0.25, 0.3) is 0 Å². The number of carbonyl (C=O) groups excluding carboxylic acids is 2. The number of amides is 1. The third-order valence-electron chi connectivity index (χ3n) is 3.27. The van der Waals surface area contributed by atoms with Crippen molar-refractivity contribution in [3.05, 3.63) is 17.7 Å². The first kappa shape index (κ1) is 18.3. The maximum absolute atomic E-state index is 12.6. The molecule has 0 bridgehead atoms. The van der Waals surface area contributed by atoms with Gasteiger partial charge >= 0.3 is 0 Å². The Morgan fingerprint density at radius 3 is 2.73 bits per heavy atom. The number of fused-ring (bicyclic) bond motifs is 1. The van der Waals surface area contributed by atoms with Crippen LogP contribution in [-0.4, -0.2) is 35.5 Å².